The summed E-state index contributed by atoms with van der Waals surface area (Å²) in [4.78, 5) is 3.97. The van der Waals surface area contributed by atoms with Crippen LogP contribution < -0.4 is 9.46 Å². The fraction of sp³-hybridized carbons (Fsp3) is 0.375. The van der Waals surface area contributed by atoms with E-state index in [2.05, 4.69) is 9.71 Å². The monoisotopic (exact) mass is 571 g/mol. The molecule has 1 fully saturated rings. The highest BCUT2D eigenvalue weighted by Gasteiger charge is 2.60. The molecule has 13 heteroatoms. The molecule has 1 aliphatic carbocycles. The number of ether oxygens (including phenoxy) is 1. The van der Waals surface area contributed by atoms with Crippen LogP contribution in [0.3, 0.4) is 0 Å². The predicted octanol–water partition coefficient (Wildman–Crippen LogP) is 3.87. The molecule has 0 spiro atoms. The number of imidazole rings is 1. The lowest BCUT2D eigenvalue weighted by atomic mass is 9.71. The number of fused-ring (bicyclic) bond motifs is 3. The fourth-order valence-electron chi connectivity index (χ4n) is 5.38. The van der Waals surface area contributed by atoms with Crippen LogP contribution >= 0.6 is 11.6 Å². The third-order valence-corrected chi connectivity index (χ3v) is 11.5. The number of nitrogens with one attached hydrogen (secondary N) is 1. The Labute approximate surface area is 218 Å². The van der Waals surface area contributed by atoms with Gasteiger partial charge in [0, 0.05) is 30.2 Å². The molecule has 37 heavy (non-hydrogen) atoms. The van der Waals surface area contributed by atoms with Crippen molar-refractivity contribution in [3.63, 3.8) is 0 Å². The zero-order chi connectivity index (χ0) is 26.8. The zero-order valence-corrected chi connectivity index (χ0v) is 22.3. The Morgan fingerprint density at radius 2 is 1.78 bits per heavy atom. The van der Waals surface area contributed by atoms with E-state index in [0.717, 1.165) is 12.1 Å². The lowest BCUT2D eigenvalue weighted by Gasteiger charge is -2.49. The van der Waals surface area contributed by atoms with Crippen molar-refractivity contribution < 1.29 is 30.4 Å². The molecule has 1 aliphatic heterocycles. The van der Waals surface area contributed by atoms with Crippen molar-refractivity contribution in [3.05, 3.63) is 70.6 Å². The summed E-state index contributed by atoms with van der Waals surface area (Å²) < 4.78 is 92.4. The summed E-state index contributed by atoms with van der Waals surface area (Å²) in [6, 6.07) is 6.59. The molecule has 3 atom stereocenters. The van der Waals surface area contributed by atoms with E-state index < -0.39 is 54.0 Å². The quantitative estimate of drug-likeness (QED) is 0.498. The summed E-state index contributed by atoms with van der Waals surface area (Å²) in [5, 5.41) is 0.164. The largest absolute Gasteiger partial charge is 0.490 e. The lowest BCUT2D eigenvalue weighted by Crippen LogP contribution is -2.55. The molecule has 2 aromatic carbocycles. The Morgan fingerprint density at radius 1 is 1.11 bits per heavy atom. The average molecular weight is 572 g/mol. The molecular weight excluding hydrogens is 548 g/mol. The number of rotatable bonds is 5. The molecule has 5 rings (SSSR count). The Bertz CT molecular complexity index is 1570. The van der Waals surface area contributed by atoms with E-state index in [1.165, 1.54) is 30.5 Å². The number of aryl methyl sites for hydroxylation is 2. The first kappa shape index (κ1) is 26.1. The van der Waals surface area contributed by atoms with Crippen molar-refractivity contribution >= 4 is 31.5 Å². The molecule has 0 bridgehead atoms. The molecule has 1 aromatic heterocycles. The van der Waals surface area contributed by atoms with Gasteiger partial charge in [-0.1, -0.05) is 11.6 Å². The Kier molecular flexibility index (Phi) is 6.37. The minimum Gasteiger partial charge on any atom is -0.490 e. The third kappa shape index (κ3) is 4.14. The summed E-state index contributed by atoms with van der Waals surface area (Å²) >= 11 is 5.96. The number of hydrogen-bond donors (Lipinski definition) is 1. The lowest BCUT2D eigenvalue weighted by molar-refractivity contribution is 0.113. The first-order valence-electron chi connectivity index (χ1n) is 11.5. The predicted molar refractivity (Wildman–Crippen MR) is 132 cm³/mol. The number of sulfonamides is 1. The van der Waals surface area contributed by atoms with Gasteiger partial charge in [-0.3, -0.25) is 0 Å². The number of sulfone groups is 1. The highest BCUT2D eigenvalue weighted by atomic mass is 35.5. The second kappa shape index (κ2) is 9.04. The summed E-state index contributed by atoms with van der Waals surface area (Å²) in [5.41, 5.74) is -0.361. The van der Waals surface area contributed by atoms with Crippen molar-refractivity contribution in [3.8, 4) is 5.75 Å². The topological polar surface area (TPSA) is 107 Å². The Balaban J connectivity index is 1.58. The van der Waals surface area contributed by atoms with Crippen LogP contribution in [0.4, 0.5) is 8.78 Å². The first-order valence-corrected chi connectivity index (χ1v) is 14.8. The van der Waals surface area contributed by atoms with Gasteiger partial charge in [0.1, 0.15) is 16.4 Å². The van der Waals surface area contributed by atoms with Crippen LogP contribution in [-0.2, 0) is 31.7 Å². The van der Waals surface area contributed by atoms with Gasteiger partial charge in [-0.05, 0) is 62.6 Å². The van der Waals surface area contributed by atoms with Crippen LogP contribution in [0.2, 0.25) is 5.02 Å². The van der Waals surface area contributed by atoms with Gasteiger partial charge in [-0.25, -0.2) is 35.3 Å². The molecule has 2 heterocycles. The standard InChI is InChI=1S/C24H24ClF2N3O5S2/c1-14-28-21(12-30(14)2)37(33,34)29-17-9-10-24(36(31,32)18-5-3-16(25)4-6-18)15(11-17)13-35-23-20(27)8-7-19(26)22(23)24/h3-8,12,15,17,29H,9-11,13H2,1-2H3/t15-,17-,24+/m1/s1. The number of hydrogen-bond acceptors (Lipinski definition) is 6. The third-order valence-electron chi connectivity index (χ3n) is 7.29. The van der Waals surface area contributed by atoms with Crippen molar-refractivity contribution in [2.75, 3.05) is 6.61 Å². The van der Waals surface area contributed by atoms with Gasteiger partial charge in [0.15, 0.2) is 26.4 Å². The zero-order valence-electron chi connectivity index (χ0n) is 19.9. The van der Waals surface area contributed by atoms with E-state index in [0.29, 0.717) is 10.8 Å². The van der Waals surface area contributed by atoms with Gasteiger partial charge < -0.3 is 9.30 Å². The highest BCUT2D eigenvalue weighted by Crippen LogP contribution is 2.56. The van der Waals surface area contributed by atoms with E-state index >= 15 is 4.39 Å². The molecule has 0 saturated heterocycles. The van der Waals surface area contributed by atoms with Crippen molar-refractivity contribution in [2.45, 2.75) is 46.9 Å². The molecule has 1 N–H and O–H groups in total. The summed E-state index contributed by atoms with van der Waals surface area (Å²) in [5.74, 6) is -2.57. The average Bonchev–Trinajstić information content (AvgIpc) is 3.20. The molecule has 0 unspecified atom stereocenters. The van der Waals surface area contributed by atoms with E-state index in [1.54, 1.807) is 18.5 Å². The molecule has 198 valence electrons. The van der Waals surface area contributed by atoms with Gasteiger partial charge in [-0.2, -0.15) is 0 Å². The summed E-state index contributed by atoms with van der Waals surface area (Å²) in [6.45, 7) is 1.43. The number of nitrogens with zero attached hydrogens (tertiary/aromatic N) is 2. The first-order chi connectivity index (χ1) is 17.4. The molecular formula is C24H24ClF2N3O5S2. The fourth-order valence-corrected chi connectivity index (χ4v) is 9.20. The molecule has 1 saturated carbocycles. The van der Waals surface area contributed by atoms with Crippen LogP contribution in [0.5, 0.6) is 5.75 Å². The minimum atomic E-state index is -4.31. The van der Waals surface area contributed by atoms with E-state index in [9.17, 15) is 21.2 Å². The second-order valence-electron chi connectivity index (χ2n) is 9.42. The Morgan fingerprint density at radius 3 is 2.43 bits per heavy atom. The van der Waals surface area contributed by atoms with Gasteiger partial charge >= 0.3 is 0 Å². The van der Waals surface area contributed by atoms with E-state index in [4.69, 9.17) is 16.3 Å². The van der Waals surface area contributed by atoms with Gasteiger partial charge in [-0.15, -0.1) is 0 Å². The summed E-state index contributed by atoms with van der Waals surface area (Å²) in [7, 11) is -6.65. The molecule has 0 radical (unpaired) electrons. The van der Waals surface area contributed by atoms with Gasteiger partial charge in [0.25, 0.3) is 10.0 Å². The smallest absolute Gasteiger partial charge is 0.259 e. The number of aromatic nitrogens is 2. The van der Waals surface area contributed by atoms with Crippen LogP contribution in [0.15, 0.2) is 52.5 Å². The molecule has 2 aliphatic rings. The number of benzene rings is 2. The van der Waals surface area contributed by atoms with E-state index in [-0.39, 0.29) is 41.4 Å². The van der Waals surface area contributed by atoms with Crippen molar-refractivity contribution in [1.82, 2.24) is 14.3 Å². The molecule has 0 amide bonds. The highest BCUT2D eigenvalue weighted by molar-refractivity contribution is 7.92. The van der Waals surface area contributed by atoms with Crippen LogP contribution in [-0.4, -0.2) is 39.0 Å². The minimum absolute atomic E-state index is 0.0211. The van der Waals surface area contributed by atoms with Crippen molar-refractivity contribution in [1.29, 1.82) is 0 Å². The van der Waals surface area contributed by atoms with Gasteiger partial charge in [0.05, 0.1) is 17.1 Å². The second-order valence-corrected chi connectivity index (χ2v) is 13.7. The normalized spacial score (nSPS) is 23.7. The van der Waals surface area contributed by atoms with E-state index in [1.807, 2.05) is 0 Å². The maximum atomic E-state index is 15.4. The van der Waals surface area contributed by atoms with Crippen LogP contribution in [0, 0.1) is 24.5 Å². The van der Waals surface area contributed by atoms with Crippen LogP contribution in [0.1, 0.15) is 30.7 Å². The molecule has 8 nitrogen and oxygen atoms in total. The summed E-state index contributed by atoms with van der Waals surface area (Å²) in [6.07, 6.45) is 1.30. The SMILES string of the molecule is Cc1nc(S(=O)(=O)N[C@@H]2CC[C@@]3(S(=O)(=O)c4ccc(Cl)cc4)c4c(F)ccc(F)c4OC[C@H]3C2)cn1C. The van der Waals surface area contributed by atoms with Crippen molar-refractivity contribution in [2.24, 2.45) is 13.0 Å². The van der Waals surface area contributed by atoms with Gasteiger partial charge in [0.2, 0.25) is 0 Å². The van der Waals surface area contributed by atoms with Crippen LogP contribution in [0.25, 0.3) is 0 Å². The maximum Gasteiger partial charge on any atom is 0.259 e. The maximum absolute atomic E-state index is 15.4. The molecule has 3 aromatic rings. The Hall–Kier alpha value is -2.54. The number of halogens is 3.